The lowest BCUT2D eigenvalue weighted by atomic mass is 9.99. The molecule has 154 valence electrons. The summed E-state index contributed by atoms with van der Waals surface area (Å²) in [6.07, 6.45) is 6.43. The molecule has 0 unspecified atom stereocenters. The van der Waals surface area contributed by atoms with Gasteiger partial charge in [-0.2, -0.15) is 4.98 Å². The Hall–Kier alpha value is -2.70. The SMILES string of the molecule is CCCCNc1nc(N)ncc1OCCCc1ccc(OC)c(OC)c1CC. The molecule has 2 rings (SSSR count). The Balaban J connectivity index is 1.98. The molecule has 0 aliphatic carbocycles. The summed E-state index contributed by atoms with van der Waals surface area (Å²) >= 11 is 0. The monoisotopic (exact) mass is 388 g/mol. The highest BCUT2D eigenvalue weighted by Gasteiger charge is 2.13. The molecule has 0 bridgehead atoms. The number of ether oxygens (including phenoxy) is 3. The summed E-state index contributed by atoms with van der Waals surface area (Å²) in [5.74, 6) is 3.11. The van der Waals surface area contributed by atoms with Gasteiger partial charge in [0.15, 0.2) is 23.1 Å². The smallest absolute Gasteiger partial charge is 0.222 e. The molecule has 0 aliphatic rings. The molecule has 1 aromatic heterocycles. The second-order valence-electron chi connectivity index (χ2n) is 6.47. The highest BCUT2D eigenvalue weighted by atomic mass is 16.5. The fraction of sp³-hybridized carbons (Fsp3) is 0.524. The zero-order valence-electron chi connectivity index (χ0n) is 17.4. The molecule has 0 fully saturated rings. The van der Waals surface area contributed by atoms with Crippen LogP contribution in [0.1, 0.15) is 44.2 Å². The molecule has 0 atom stereocenters. The molecule has 1 heterocycles. The number of nitrogen functional groups attached to an aromatic ring is 1. The van der Waals surface area contributed by atoms with Crippen molar-refractivity contribution in [3.05, 3.63) is 29.5 Å². The average molecular weight is 389 g/mol. The number of benzene rings is 1. The number of unbranched alkanes of at least 4 members (excludes halogenated alkanes) is 1. The van der Waals surface area contributed by atoms with Gasteiger partial charge in [0.05, 0.1) is 27.0 Å². The minimum atomic E-state index is 0.240. The molecule has 0 amide bonds. The maximum atomic E-state index is 5.92. The van der Waals surface area contributed by atoms with Crippen molar-refractivity contribution >= 4 is 11.8 Å². The molecule has 7 heteroatoms. The number of nitrogens with two attached hydrogens (primary N) is 1. The summed E-state index contributed by atoms with van der Waals surface area (Å²) in [6.45, 7) is 5.66. The molecule has 0 saturated carbocycles. The lowest BCUT2D eigenvalue weighted by Crippen LogP contribution is -2.09. The average Bonchev–Trinajstić information content (AvgIpc) is 2.71. The Kier molecular flexibility index (Phi) is 8.65. The highest BCUT2D eigenvalue weighted by Crippen LogP contribution is 2.34. The van der Waals surface area contributed by atoms with E-state index in [2.05, 4.69) is 35.2 Å². The van der Waals surface area contributed by atoms with Gasteiger partial charge in [-0.1, -0.05) is 26.3 Å². The number of nitrogens with one attached hydrogen (secondary N) is 1. The molecular formula is C21H32N4O3. The number of nitrogens with zero attached hydrogens (tertiary/aromatic N) is 2. The van der Waals surface area contributed by atoms with E-state index in [1.807, 2.05) is 6.07 Å². The van der Waals surface area contributed by atoms with Crippen LogP contribution in [0.5, 0.6) is 17.2 Å². The lowest BCUT2D eigenvalue weighted by Gasteiger charge is -2.16. The van der Waals surface area contributed by atoms with Gasteiger partial charge in [0.2, 0.25) is 5.95 Å². The maximum Gasteiger partial charge on any atom is 0.222 e. The fourth-order valence-corrected chi connectivity index (χ4v) is 3.10. The lowest BCUT2D eigenvalue weighted by molar-refractivity contribution is 0.309. The molecule has 0 saturated heterocycles. The third-order valence-corrected chi connectivity index (χ3v) is 4.54. The number of hydrogen-bond acceptors (Lipinski definition) is 7. The van der Waals surface area contributed by atoms with Crippen LogP contribution in [-0.4, -0.2) is 37.3 Å². The topological polar surface area (TPSA) is 91.5 Å². The molecule has 0 aliphatic heterocycles. The number of rotatable bonds is 12. The Morgan fingerprint density at radius 1 is 1.07 bits per heavy atom. The van der Waals surface area contributed by atoms with Crippen LogP contribution in [-0.2, 0) is 12.8 Å². The standard InChI is InChI=1S/C21H32N4O3/c1-5-7-12-23-20-18(14-24-21(22)25-20)28-13-8-9-15-10-11-17(26-3)19(27-4)16(15)6-2/h10-11,14H,5-9,12-13H2,1-4H3,(H3,22,23,24,25). The van der Waals surface area contributed by atoms with Crippen LogP contribution in [0.4, 0.5) is 11.8 Å². The van der Waals surface area contributed by atoms with Crippen LogP contribution in [0.15, 0.2) is 18.3 Å². The summed E-state index contributed by atoms with van der Waals surface area (Å²) in [4.78, 5) is 8.30. The first-order valence-electron chi connectivity index (χ1n) is 9.86. The minimum Gasteiger partial charge on any atom is -0.493 e. The molecule has 28 heavy (non-hydrogen) atoms. The van der Waals surface area contributed by atoms with Crippen LogP contribution in [0.3, 0.4) is 0 Å². The van der Waals surface area contributed by atoms with Crippen LogP contribution in [0, 0.1) is 0 Å². The van der Waals surface area contributed by atoms with Crippen molar-refractivity contribution < 1.29 is 14.2 Å². The first-order valence-corrected chi connectivity index (χ1v) is 9.86. The summed E-state index contributed by atoms with van der Waals surface area (Å²) in [6, 6.07) is 4.06. The predicted molar refractivity (Wildman–Crippen MR) is 113 cm³/mol. The Labute approximate surface area is 167 Å². The molecule has 7 nitrogen and oxygen atoms in total. The van der Waals surface area contributed by atoms with E-state index in [-0.39, 0.29) is 5.95 Å². The van der Waals surface area contributed by atoms with Crippen LogP contribution >= 0.6 is 0 Å². The molecule has 0 radical (unpaired) electrons. The van der Waals surface area contributed by atoms with E-state index < -0.39 is 0 Å². The molecule has 3 N–H and O–H groups in total. The molecule has 0 spiro atoms. The number of aromatic nitrogens is 2. The van der Waals surface area contributed by atoms with Gasteiger partial charge in [-0.3, -0.25) is 0 Å². The van der Waals surface area contributed by atoms with Gasteiger partial charge >= 0.3 is 0 Å². The van der Waals surface area contributed by atoms with Gasteiger partial charge in [-0.25, -0.2) is 4.98 Å². The van der Waals surface area contributed by atoms with Crippen molar-refractivity contribution in [1.29, 1.82) is 0 Å². The fourth-order valence-electron chi connectivity index (χ4n) is 3.10. The van der Waals surface area contributed by atoms with E-state index >= 15 is 0 Å². The molecule has 1 aromatic carbocycles. The Bertz CT molecular complexity index is 753. The van der Waals surface area contributed by atoms with Crippen LogP contribution in [0.25, 0.3) is 0 Å². The van der Waals surface area contributed by atoms with Crippen molar-refractivity contribution in [3.8, 4) is 17.2 Å². The van der Waals surface area contributed by atoms with E-state index in [1.165, 1.54) is 11.1 Å². The summed E-state index contributed by atoms with van der Waals surface area (Å²) in [5.41, 5.74) is 8.13. The number of aryl methyl sites for hydroxylation is 1. The van der Waals surface area contributed by atoms with Gasteiger partial charge in [0, 0.05) is 12.1 Å². The normalized spacial score (nSPS) is 10.6. The van der Waals surface area contributed by atoms with Crippen molar-refractivity contribution in [2.45, 2.75) is 46.0 Å². The number of anilines is 2. The van der Waals surface area contributed by atoms with Gasteiger partial charge in [0.1, 0.15) is 0 Å². The van der Waals surface area contributed by atoms with Crippen LogP contribution in [0.2, 0.25) is 0 Å². The highest BCUT2D eigenvalue weighted by molar-refractivity contribution is 5.52. The summed E-state index contributed by atoms with van der Waals surface area (Å²) < 4.78 is 16.9. The number of methoxy groups -OCH3 is 2. The van der Waals surface area contributed by atoms with Crippen molar-refractivity contribution in [1.82, 2.24) is 9.97 Å². The summed E-state index contributed by atoms with van der Waals surface area (Å²) in [7, 11) is 3.34. The van der Waals surface area contributed by atoms with Crippen molar-refractivity contribution in [3.63, 3.8) is 0 Å². The van der Waals surface area contributed by atoms with Crippen molar-refractivity contribution in [2.24, 2.45) is 0 Å². The Morgan fingerprint density at radius 3 is 2.57 bits per heavy atom. The second-order valence-corrected chi connectivity index (χ2v) is 6.47. The van der Waals surface area contributed by atoms with Gasteiger partial charge in [-0.05, 0) is 37.3 Å². The van der Waals surface area contributed by atoms with Gasteiger partial charge in [0.25, 0.3) is 0 Å². The zero-order chi connectivity index (χ0) is 20.4. The van der Waals surface area contributed by atoms with Crippen LogP contribution < -0.4 is 25.3 Å². The van der Waals surface area contributed by atoms with E-state index in [1.54, 1.807) is 20.4 Å². The maximum absolute atomic E-state index is 5.92. The van der Waals surface area contributed by atoms with Gasteiger partial charge < -0.3 is 25.3 Å². The van der Waals surface area contributed by atoms with E-state index in [0.717, 1.165) is 50.1 Å². The number of hydrogen-bond donors (Lipinski definition) is 2. The first-order chi connectivity index (χ1) is 13.6. The third kappa shape index (κ3) is 5.65. The second kappa shape index (κ2) is 11.2. The quantitative estimate of drug-likeness (QED) is 0.533. The van der Waals surface area contributed by atoms with Gasteiger partial charge in [-0.15, -0.1) is 0 Å². The first kappa shape index (κ1) is 21.6. The predicted octanol–water partition coefficient (Wildman–Crippen LogP) is 3.86. The molecule has 2 aromatic rings. The largest absolute Gasteiger partial charge is 0.493 e. The van der Waals surface area contributed by atoms with E-state index in [4.69, 9.17) is 19.9 Å². The van der Waals surface area contributed by atoms with E-state index in [0.29, 0.717) is 18.2 Å². The Morgan fingerprint density at radius 2 is 1.89 bits per heavy atom. The minimum absolute atomic E-state index is 0.240. The van der Waals surface area contributed by atoms with Crippen molar-refractivity contribution in [2.75, 3.05) is 38.4 Å². The zero-order valence-corrected chi connectivity index (χ0v) is 17.4. The molecular weight excluding hydrogens is 356 g/mol. The third-order valence-electron chi connectivity index (χ3n) is 4.54. The van der Waals surface area contributed by atoms with E-state index in [9.17, 15) is 0 Å². The summed E-state index contributed by atoms with van der Waals surface area (Å²) in [5, 5.41) is 3.27.